The van der Waals surface area contributed by atoms with Crippen molar-refractivity contribution in [1.82, 2.24) is 10.2 Å². The quantitative estimate of drug-likeness (QED) is 0.786. The van der Waals surface area contributed by atoms with E-state index in [0.29, 0.717) is 6.61 Å². The van der Waals surface area contributed by atoms with Crippen molar-refractivity contribution >= 4 is 11.6 Å². The van der Waals surface area contributed by atoms with Crippen molar-refractivity contribution in [2.75, 3.05) is 26.2 Å². The van der Waals surface area contributed by atoms with E-state index in [2.05, 4.69) is 44.8 Å². The minimum atomic E-state index is 0.0702. The van der Waals surface area contributed by atoms with Gasteiger partial charge in [-0.2, -0.15) is 0 Å². The molecule has 0 saturated carbocycles. The fourth-order valence-electron chi connectivity index (χ4n) is 2.01. The molecule has 0 unspecified atom stereocenters. The van der Waals surface area contributed by atoms with E-state index in [1.165, 1.54) is 0 Å². The molecule has 3 nitrogen and oxygen atoms in total. The Balaban J connectivity index is 2.64. The van der Waals surface area contributed by atoms with Crippen LogP contribution in [0.25, 0.3) is 0 Å². The lowest BCUT2D eigenvalue weighted by Crippen LogP contribution is -2.35. The van der Waals surface area contributed by atoms with Gasteiger partial charge in [-0.25, -0.2) is 0 Å². The summed E-state index contributed by atoms with van der Waals surface area (Å²) in [4.78, 5) is 2.35. The number of halogens is 1. The lowest BCUT2D eigenvalue weighted by Gasteiger charge is -2.22. The van der Waals surface area contributed by atoms with Gasteiger partial charge in [0, 0.05) is 29.2 Å². The lowest BCUT2D eigenvalue weighted by molar-refractivity contribution is 0.221. The van der Waals surface area contributed by atoms with Crippen LogP contribution in [-0.4, -0.2) is 36.7 Å². The number of hydrogen-bond donors (Lipinski definition) is 1. The van der Waals surface area contributed by atoms with Crippen LogP contribution in [0.2, 0.25) is 5.02 Å². The minimum absolute atomic E-state index is 0.0702. The zero-order valence-corrected chi connectivity index (χ0v) is 14.8. The first-order chi connectivity index (χ1) is 9.85. The molecule has 0 saturated heterocycles. The van der Waals surface area contributed by atoms with Crippen LogP contribution in [-0.2, 0) is 6.54 Å². The van der Waals surface area contributed by atoms with E-state index in [1.54, 1.807) is 0 Å². The second-order valence-electron chi connectivity index (χ2n) is 6.23. The third-order valence-electron chi connectivity index (χ3n) is 3.39. The van der Waals surface area contributed by atoms with Crippen LogP contribution in [0.4, 0.5) is 0 Å². The highest BCUT2D eigenvalue weighted by molar-refractivity contribution is 6.30. The maximum Gasteiger partial charge on any atom is 0.123 e. The molecule has 0 aliphatic carbocycles. The molecule has 1 aromatic rings. The number of hydrogen-bond acceptors (Lipinski definition) is 3. The molecule has 0 fully saturated rings. The van der Waals surface area contributed by atoms with Gasteiger partial charge < -0.3 is 15.0 Å². The smallest absolute Gasteiger partial charge is 0.123 e. The number of rotatable bonds is 8. The molecule has 0 radical (unpaired) electrons. The molecule has 0 aliphatic rings. The van der Waals surface area contributed by atoms with E-state index in [4.69, 9.17) is 16.3 Å². The van der Waals surface area contributed by atoms with Gasteiger partial charge in [-0.05, 0) is 52.1 Å². The van der Waals surface area contributed by atoms with E-state index in [0.717, 1.165) is 42.5 Å². The number of nitrogens with one attached hydrogen (secondary N) is 1. The van der Waals surface area contributed by atoms with Crippen molar-refractivity contribution in [1.29, 1.82) is 0 Å². The largest absolute Gasteiger partial charge is 0.492 e. The zero-order valence-electron chi connectivity index (χ0n) is 14.0. The van der Waals surface area contributed by atoms with Crippen molar-refractivity contribution in [3.05, 3.63) is 28.8 Å². The fourth-order valence-corrected chi connectivity index (χ4v) is 2.21. The van der Waals surface area contributed by atoms with E-state index in [1.807, 2.05) is 18.2 Å². The third-order valence-corrected chi connectivity index (χ3v) is 3.63. The van der Waals surface area contributed by atoms with Gasteiger partial charge in [0.2, 0.25) is 0 Å². The summed E-state index contributed by atoms with van der Waals surface area (Å²) in [5.41, 5.74) is 1.18. The molecule has 0 amide bonds. The highest BCUT2D eigenvalue weighted by Crippen LogP contribution is 2.23. The Hall–Kier alpha value is -0.770. The van der Waals surface area contributed by atoms with Crippen molar-refractivity contribution < 1.29 is 4.74 Å². The number of likely N-dealkylation sites (N-methyl/N-ethyl adjacent to an activating group) is 1. The summed E-state index contributed by atoms with van der Waals surface area (Å²) in [5, 5.41) is 4.23. The molecule has 4 heteroatoms. The Bertz CT molecular complexity index is 425. The molecule has 0 aliphatic heterocycles. The topological polar surface area (TPSA) is 24.5 Å². The highest BCUT2D eigenvalue weighted by Gasteiger charge is 2.12. The molecule has 0 aromatic heterocycles. The van der Waals surface area contributed by atoms with Crippen LogP contribution < -0.4 is 10.1 Å². The molecular weight excluding hydrogens is 284 g/mol. The molecule has 0 spiro atoms. The number of benzene rings is 1. The number of nitrogens with zero attached hydrogens (tertiary/aromatic N) is 1. The molecule has 120 valence electrons. The molecule has 0 heterocycles. The predicted octanol–water partition coefficient (Wildman–Crippen LogP) is 3.95. The first kappa shape index (κ1) is 18.3. The Labute approximate surface area is 134 Å². The van der Waals surface area contributed by atoms with Crippen LogP contribution in [0.1, 0.15) is 40.2 Å². The zero-order chi connectivity index (χ0) is 15.9. The fraction of sp³-hybridized carbons (Fsp3) is 0.647. The molecule has 1 N–H and O–H groups in total. The lowest BCUT2D eigenvalue weighted by atomic mass is 10.1. The monoisotopic (exact) mass is 312 g/mol. The summed E-state index contributed by atoms with van der Waals surface area (Å²) in [6.07, 6.45) is 0. The highest BCUT2D eigenvalue weighted by atomic mass is 35.5. The Morgan fingerprint density at radius 1 is 1.19 bits per heavy atom. The van der Waals surface area contributed by atoms with Crippen LogP contribution in [0.5, 0.6) is 5.75 Å². The van der Waals surface area contributed by atoms with Crippen LogP contribution in [0, 0.1) is 0 Å². The minimum Gasteiger partial charge on any atom is -0.492 e. The summed E-state index contributed by atoms with van der Waals surface area (Å²) >= 11 is 6.10. The Kier molecular flexibility index (Phi) is 7.50. The molecule has 1 aromatic carbocycles. The molecule has 0 bridgehead atoms. The van der Waals surface area contributed by atoms with Gasteiger partial charge in [0.25, 0.3) is 0 Å². The number of ether oxygens (including phenoxy) is 1. The van der Waals surface area contributed by atoms with Gasteiger partial charge >= 0.3 is 0 Å². The van der Waals surface area contributed by atoms with Crippen molar-refractivity contribution in [2.45, 2.75) is 46.7 Å². The van der Waals surface area contributed by atoms with Crippen LogP contribution >= 0.6 is 11.6 Å². The standard InChI is InChI=1S/C17H29ClN2O/c1-6-20(7-2)10-11-21-16-9-8-15(18)12-14(16)13-19-17(3,4)5/h8-9,12,19H,6-7,10-11,13H2,1-5H3. The van der Waals surface area contributed by atoms with Crippen molar-refractivity contribution in [3.63, 3.8) is 0 Å². The predicted molar refractivity (Wildman–Crippen MR) is 91.3 cm³/mol. The maximum absolute atomic E-state index is 6.10. The maximum atomic E-state index is 6.10. The van der Waals surface area contributed by atoms with Gasteiger partial charge in [-0.1, -0.05) is 25.4 Å². The second-order valence-corrected chi connectivity index (χ2v) is 6.67. The normalized spacial score (nSPS) is 12.0. The van der Waals surface area contributed by atoms with Crippen LogP contribution in [0.15, 0.2) is 18.2 Å². The van der Waals surface area contributed by atoms with Crippen LogP contribution in [0.3, 0.4) is 0 Å². The Morgan fingerprint density at radius 2 is 1.86 bits per heavy atom. The average Bonchev–Trinajstić information content (AvgIpc) is 2.42. The molecule has 1 rings (SSSR count). The van der Waals surface area contributed by atoms with Gasteiger partial charge in [0.1, 0.15) is 12.4 Å². The SMILES string of the molecule is CCN(CC)CCOc1ccc(Cl)cc1CNC(C)(C)C. The first-order valence-corrected chi connectivity index (χ1v) is 8.12. The van der Waals surface area contributed by atoms with E-state index in [9.17, 15) is 0 Å². The van der Waals surface area contributed by atoms with Gasteiger partial charge in [-0.15, -0.1) is 0 Å². The average molecular weight is 313 g/mol. The molecule has 0 atom stereocenters. The summed E-state index contributed by atoms with van der Waals surface area (Å²) in [6.45, 7) is 15.3. The third kappa shape index (κ3) is 7.16. The summed E-state index contributed by atoms with van der Waals surface area (Å²) < 4.78 is 5.95. The van der Waals surface area contributed by atoms with E-state index in [-0.39, 0.29) is 5.54 Å². The van der Waals surface area contributed by atoms with Gasteiger partial charge in [-0.3, -0.25) is 0 Å². The molecular formula is C17H29ClN2O. The summed E-state index contributed by atoms with van der Waals surface area (Å²) in [6, 6.07) is 5.83. The molecule has 21 heavy (non-hydrogen) atoms. The summed E-state index contributed by atoms with van der Waals surface area (Å²) in [7, 11) is 0. The van der Waals surface area contributed by atoms with E-state index >= 15 is 0 Å². The van der Waals surface area contributed by atoms with E-state index < -0.39 is 0 Å². The second kappa shape index (κ2) is 8.62. The van der Waals surface area contributed by atoms with Gasteiger partial charge in [0.15, 0.2) is 0 Å². The van der Waals surface area contributed by atoms with Gasteiger partial charge in [0.05, 0.1) is 0 Å². The van der Waals surface area contributed by atoms with Crippen molar-refractivity contribution in [3.8, 4) is 5.75 Å². The Morgan fingerprint density at radius 3 is 2.43 bits per heavy atom. The van der Waals surface area contributed by atoms with Crippen molar-refractivity contribution in [2.24, 2.45) is 0 Å². The first-order valence-electron chi connectivity index (χ1n) is 7.74. The summed E-state index contributed by atoms with van der Waals surface area (Å²) in [5.74, 6) is 0.920.